The molecule has 0 heterocycles. The molecular weight excluding hydrogens is 362 g/mol. The van der Waals surface area contributed by atoms with E-state index in [1.165, 1.54) is 24.3 Å². The molecule has 2 rings (SSSR count). The van der Waals surface area contributed by atoms with Gasteiger partial charge in [-0.3, -0.25) is 4.79 Å². The van der Waals surface area contributed by atoms with E-state index < -0.39 is 17.6 Å². The Hall–Kier alpha value is -2.16. The van der Waals surface area contributed by atoms with Crippen LogP contribution >= 0.6 is 23.2 Å². The van der Waals surface area contributed by atoms with Crippen LogP contribution in [0.2, 0.25) is 10.0 Å². The number of carbonyl (C=O) groups is 1. The van der Waals surface area contributed by atoms with Crippen molar-refractivity contribution in [3.8, 4) is 11.8 Å². The average molecular weight is 372 g/mol. The molecule has 124 valence electrons. The van der Waals surface area contributed by atoms with Crippen LogP contribution < -0.4 is 5.32 Å². The third-order valence-corrected chi connectivity index (χ3v) is 3.50. The molecule has 0 aliphatic heterocycles. The zero-order valence-electron chi connectivity index (χ0n) is 12.0. The lowest BCUT2D eigenvalue weighted by Gasteiger charge is -2.06. The Kier molecular flexibility index (Phi) is 5.76. The lowest BCUT2D eigenvalue weighted by molar-refractivity contribution is -0.137. The van der Waals surface area contributed by atoms with E-state index >= 15 is 0 Å². The number of carbonyl (C=O) groups excluding carboxylic acids is 1. The van der Waals surface area contributed by atoms with E-state index in [0.717, 1.165) is 12.1 Å². The SMILES string of the molecule is O=C(NCC#Cc1cccc(C(F)(F)F)c1)c1cc(Cl)ccc1Cl. The number of nitrogens with one attached hydrogen (secondary N) is 1. The maximum atomic E-state index is 12.6. The molecule has 0 saturated heterocycles. The molecule has 2 nitrogen and oxygen atoms in total. The van der Waals surface area contributed by atoms with Gasteiger partial charge in [-0.05, 0) is 36.4 Å². The van der Waals surface area contributed by atoms with Crippen LogP contribution in [0, 0.1) is 11.8 Å². The van der Waals surface area contributed by atoms with Gasteiger partial charge in [0.05, 0.1) is 22.7 Å². The largest absolute Gasteiger partial charge is 0.416 e. The second-order valence-electron chi connectivity index (χ2n) is 4.69. The third-order valence-electron chi connectivity index (χ3n) is 2.93. The van der Waals surface area contributed by atoms with Crippen molar-refractivity contribution in [3.63, 3.8) is 0 Å². The van der Waals surface area contributed by atoms with Crippen molar-refractivity contribution < 1.29 is 18.0 Å². The van der Waals surface area contributed by atoms with Gasteiger partial charge in [0.2, 0.25) is 0 Å². The summed E-state index contributed by atoms with van der Waals surface area (Å²) in [5.74, 6) is 4.68. The number of amides is 1. The number of alkyl halides is 3. The van der Waals surface area contributed by atoms with Crippen LogP contribution in [0.5, 0.6) is 0 Å². The minimum atomic E-state index is -4.42. The molecule has 0 atom stereocenters. The van der Waals surface area contributed by atoms with E-state index in [0.29, 0.717) is 5.02 Å². The molecule has 0 radical (unpaired) electrons. The van der Waals surface area contributed by atoms with Gasteiger partial charge in [0.1, 0.15) is 0 Å². The summed E-state index contributed by atoms with van der Waals surface area (Å²) < 4.78 is 37.8. The predicted molar refractivity (Wildman–Crippen MR) is 87.1 cm³/mol. The van der Waals surface area contributed by atoms with Gasteiger partial charge in [-0.2, -0.15) is 13.2 Å². The lowest BCUT2D eigenvalue weighted by Crippen LogP contribution is -2.23. The summed E-state index contributed by atoms with van der Waals surface area (Å²) in [5, 5.41) is 3.10. The third kappa shape index (κ3) is 4.92. The fourth-order valence-corrected chi connectivity index (χ4v) is 2.19. The second kappa shape index (κ2) is 7.61. The zero-order chi connectivity index (χ0) is 17.7. The molecule has 7 heteroatoms. The van der Waals surface area contributed by atoms with E-state index in [2.05, 4.69) is 17.2 Å². The van der Waals surface area contributed by atoms with Crippen LogP contribution in [0.15, 0.2) is 42.5 Å². The first-order chi connectivity index (χ1) is 11.3. The Morgan fingerprint density at radius 3 is 2.58 bits per heavy atom. The topological polar surface area (TPSA) is 29.1 Å². The van der Waals surface area contributed by atoms with Crippen LogP contribution in [0.1, 0.15) is 21.5 Å². The molecule has 0 fully saturated rings. The fourth-order valence-electron chi connectivity index (χ4n) is 1.81. The van der Waals surface area contributed by atoms with E-state index in [4.69, 9.17) is 23.2 Å². The molecular formula is C17H10Cl2F3NO. The summed E-state index contributed by atoms with van der Waals surface area (Å²) in [4.78, 5) is 11.9. The fraction of sp³-hybridized carbons (Fsp3) is 0.118. The number of halogens is 5. The van der Waals surface area contributed by atoms with Gasteiger partial charge in [-0.1, -0.05) is 41.1 Å². The summed E-state index contributed by atoms with van der Waals surface area (Å²) >= 11 is 11.7. The number of rotatable bonds is 2. The van der Waals surface area contributed by atoms with E-state index in [9.17, 15) is 18.0 Å². The smallest absolute Gasteiger partial charge is 0.341 e. The minimum absolute atomic E-state index is 0.0437. The van der Waals surface area contributed by atoms with Gasteiger partial charge < -0.3 is 5.32 Å². The summed E-state index contributed by atoms with van der Waals surface area (Å²) in [7, 11) is 0. The first-order valence-corrected chi connectivity index (χ1v) is 7.42. The first-order valence-electron chi connectivity index (χ1n) is 6.67. The lowest BCUT2D eigenvalue weighted by atomic mass is 10.1. The monoisotopic (exact) mass is 371 g/mol. The Bertz CT molecular complexity index is 823. The van der Waals surface area contributed by atoms with Crippen molar-refractivity contribution >= 4 is 29.1 Å². The van der Waals surface area contributed by atoms with Crippen LogP contribution in [-0.2, 0) is 6.18 Å². The normalized spacial score (nSPS) is 10.7. The molecule has 1 N–H and O–H groups in total. The molecule has 0 aliphatic rings. The minimum Gasteiger partial charge on any atom is -0.341 e. The Morgan fingerprint density at radius 2 is 1.88 bits per heavy atom. The highest BCUT2D eigenvalue weighted by atomic mass is 35.5. The Labute approximate surface area is 146 Å². The van der Waals surface area contributed by atoms with Crippen molar-refractivity contribution in [1.82, 2.24) is 5.32 Å². The van der Waals surface area contributed by atoms with Crippen molar-refractivity contribution in [1.29, 1.82) is 0 Å². The molecule has 0 spiro atoms. The van der Waals surface area contributed by atoms with Crippen LogP contribution in [0.4, 0.5) is 13.2 Å². The van der Waals surface area contributed by atoms with Gasteiger partial charge in [0.25, 0.3) is 5.91 Å². The highest BCUT2D eigenvalue weighted by Crippen LogP contribution is 2.29. The molecule has 0 aromatic heterocycles. The highest BCUT2D eigenvalue weighted by molar-refractivity contribution is 6.35. The maximum absolute atomic E-state index is 12.6. The summed E-state index contributed by atoms with van der Waals surface area (Å²) in [6.45, 7) is -0.0437. The van der Waals surface area contributed by atoms with E-state index in [-0.39, 0.29) is 22.7 Å². The van der Waals surface area contributed by atoms with E-state index in [1.807, 2.05) is 0 Å². The van der Waals surface area contributed by atoms with E-state index in [1.54, 1.807) is 6.07 Å². The molecule has 2 aromatic rings. The molecule has 0 bridgehead atoms. The van der Waals surface area contributed by atoms with Crippen molar-refractivity contribution in [2.24, 2.45) is 0 Å². The van der Waals surface area contributed by atoms with Crippen LogP contribution in [0.3, 0.4) is 0 Å². The summed E-state index contributed by atoms with van der Waals surface area (Å²) in [6, 6.07) is 9.10. The van der Waals surface area contributed by atoms with Gasteiger partial charge in [0, 0.05) is 10.6 Å². The summed E-state index contributed by atoms with van der Waals surface area (Å²) in [5.41, 5.74) is -0.367. The number of hydrogen-bond donors (Lipinski definition) is 1. The number of hydrogen-bond acceptors (Lipinski definition) is 1. The standard InChI is InChI=1S/C17H10Cl2F3NO/c18-13-6-7-15(19)14(10-13)16(24)23-8-2-4-11-3-1-5-12(9-11)17(20,21)22/h1,3,5-7,9-10H,8H2,(H,23,24). The van der Waals surface area contributed by atoms with Crippen molar-refractivity contribution in [3.05, 3.63) is 69.2 Å². The average Bonchev–Trinajstić information content (AvgIpc) is 2.53. The summed E-state index contributed by atoms with van der Waals surface area (Å²) in [6.07, 6.45) is -4.42. The number of benzene rings is 2. The van der Waals surface area contributed by atoms with Crippen LogP contribution in [0.25, 0.3) is 0 Å². The van der Waals surface area contributed by atoms with Gasteiger partial charge in [0.15, 0.2) is 0 Å². The first kappa shape index (κ1) is 18.2. The van der Waals surface area contributed by atoms with Crippen molar-refractivity contribution in [2.45, 2.75) is 6.18 Å². The maximum Gasteiger partial charge on any atom is 0.416 e. The zero-order valence-corrected chi connectivity index (χ0v) is 13.6. The van der Waals surface area contributed by atoms with Crippen molar-refractivity contribution in [2.75, 3.05) is 6.54 Å². The highest BCUT2D eigenvalue weighted by Gasteiger charge is 2.30. The molecule has 0 saturated carbocycles. The van der Waals surface area contributed by atoms with Gasteiger partial charge >= 0.3 is 6.18 Å². The Morgan fingerprint density at radius 1 is 1.12 bits per heavy atom. The van der Waals surface area contributed by atoms with Crippen LogP contribution in [-0.4, -0.2) is 12.5 Å². The quantitative estimate of drug-likeness (QED) is 0.755. The molecule has 2 aromatic carbocycles. The van der Waals surface area contributed by atoms with Gasteiger partial charge in [-0.25, -0.2) is 0 Å². The van der Waals surface area contributed by atoms with Gasteiger partial charge in [-0.15, -0.1) is 0 Å². The predicted octanol–water partition coefficient (Wildman–Crippen LogP) is 4.79. The second-order valence-corrected chi connectivity index (χ2v) is 5.53. The Balaban J connectivity index is 2.02. The molecule has 0 aliphatic carbocycles. The molecule has 24 heavy (non-hydrogen) atoms. The molecule has 0 unspecified atom stereocenters. The molecule has 1 amide bonds.